The molecule has 6 heteroatoms. The topological polar surface area (TPSA) is 55.4 Å². The van der Waals surface area contributed by atoms with Crippen molar-refractivity contribution in [3.63, 3.8) is 0 Å². The zero-order valence-electron chi connectivity index (χ0n) is 13.4. The second-order valence-corrected chi connectivity index (χ2v) is 6.18. The molecule has 0 aromatic heterocycles. The molecule has 0 aliphatic carbocycles. The van der Waals surface area contributed by atoms with Crippen LogP contribution in [0.2, 0.25) is 10.0 Å². The maximum Gasteiger partial charge on any atom is 0.258 e. The summed E-state index contributed by atoms with van der Waals surface area (Å²) in [6.07, 6.45) is 0. The van der Waals surface area contributed by atoms with Crippen LogP contribution in [0.4, 0.5) is 0 Å². The Kier molecular flexibility index (Phi) is 6.23. The summed E-state index contributed by atoms with van der Waals surface area (Å²) in [6.45, 7) is 3.45. The van der Waals surface area contributed by atoms with Gasteiger partial charge in [0.15, 0.2) is 12.4 Å². The molecule has 2 aromatic carbocycles. The number of Topliss-reactive ketones (excluding diaryl/α,β-unsaturated/α-hetero) is 1. The van der Waals surface area contributed by atoms with Gasteiger partial charge < -0.3 is 10.1 Å². The SMILES string of the molecule is Cc1cc(OCC(=O)NCC(=O)c2cccc(Cl)c2)cc(C)c1Cl. The summed E-state index contributed by atoms with van der Waals surface area (Å²) in [7, 11) is 0. The average Bonchev–Trinajstić information content (AvgIpc) is 2.55. The molecule has 0 fully saturated rings. The second-order valence-electron chi connectivity index (χ2n) is 5.37. The average molecular weight is 366 g/mol. The van der Waals surface area contributed by atoms with Crippen molar-refractivity contribution in [1.29, 1.82) is 0 Å². The summed E-state index contributed by atoms with van der Waals surface area (Å²) in [5.41, 5.74) is 2.21. The maximum absolute atomic E-state index is 12.0. The number of hydrogen-bond acceptors (Lipinski definition) is 3. The minimum atomic E-state index is -0.379. The van der Waals surface area contributed by atoms with E-state index in [1.165, 1.54) is 0 Å². The molecule has 0 atom stereocenters. The number of benzene rings is 2. The predicted octanol–water partition coefficient (Wildman–Crippen LogP) is 3.99. The highest BCUT2D eigenvalue weighted by atomic mass is 35.5. The number of nitrogens with one attached hydrogen (secondary N) is 1. The molecule has 0 unspecified atom stereocenters. The fourth-order valence-corrected chi connectivity index (χ4v) is 2.43. The molecule has 126 valence electrons. The number of halogens is 2. The molecule has 2 rings (SSSR count). The van der Waals surface area contributed by atoms with Crippen molar-refractivity contribution >= 4 is 34.9 Å². The van der Waals surface area contributed by atoms with E-state index < -0.39 is 0 Å². The van der Waals surface area contributed by atoms with Crippen molar-refractivity contribution in [2.24, 2.45) is 0 Å². The third-order valence-electron chi connectivity index (χ3n) is 3.37. The standard InChI is InChI=1S/C18H17Cl2NO3/c1-11-6-15(7-12(2)18(11)20)24-10-17(23)21-9-16(22)13-4-3-5-14(19)8-13/h3-8H,9-10H2,1-2H3,(H,21,23). The van der Waals surface area contributed by atoms with Crippen molar-refractivity contribution in [1.82, 2.24) is 5.32 Å². The second kappa shape index (κ2) is 8.18. The Morgan fingerprint density at radius 3 is 2.38 bits per heavy atom. The van der Waals surface area contributed by atoms with Gasteiger partial charge in [0.25, 0.3) is 5.91 Å². The third kappa shape index (κ3) is 4.98. The van der Waals surface area contributed by atoms with Crippen molar-refractivity contribution in [2.45, 2.75) is 13.8 Å². The van der Waals surface area contributed by atoms with Crippen LogP contribution in [0.15, 0.2) is 36.4 Å². The predicted molar refractivity (Wildman–Crippen MR) is 95.2 cm³/mol. The number of rotatable bonds is 6. The van der Waals surface area contributed by atoms with Crippen LogP contribution in [-0.4, -0.2) is 24.8 Å². The minimum absolute atomic E-state index is 0.110. The van der Waals surface area contributed by atoms with E-state index in [-0.39, 0.29) is 24.8 Å². The number of carbonyl (C=O) groups excluding carboxylic acids is 2. The zero-order valence-corrected chi connectivity index (χ0v) is 14.9. The highest BCUT2D eigenvalue weighted by Gasteiger charge is 2.10. The molecule has 24 heavy (non-hydrogen) atoms. The van der Waals surface area contributed by atoms with E-state index in [1.54, 1.807) is 36.4 Å². The quantitative estimate of drug-likeness (QED) is 0.787. The van der Waals surface area contributed by atoms with E-state index in [1.807, 2.05) is 13.8 Å². The highest BCUT2D eigenvalue weighted by molar-refractivity contribution is 6.32. The Morgan fingerprint density at radius 2 is 1.75 bits per heavy atom. The summed E-state index contributed by atoms with van der Waals surface area (Å²) in [5, 5.41) is 3.68. The summed E-state index contributed by atoms with van der Waals surface area (Å²) in [6, 6.07) is 10.1. The van der Waals surface area contributed by atoms with E-state index >= 15 is 0 Å². The summed E-state index contributed by atoms with van der Waals surface area (Å²) >= 11 is 11.9. The smallest absolute Gasteiger partial charge is 0.258 e. The van der Waals surface area contributed by atoms with Crippen molar-refractivity contribution in [3.8, 4) is 5.75 Å². The van der Waals surface area contributed by atoms with Gasteiger partial charge in [0, 0.05) is 15.6 Å². The Bertz CT molecular complexity index is 752. The number of hydrogen-bond donors (Lipinski definition) is 1. The van der Waals surface area contributed by atoms with Gasteiger partial charge in [-0.25, -0.2) is 0 Å². The van der Waals surface area contributed by atoms with E-state index in [4.69, 9.17) is 27.9 Å². The first-order valence-corrected chi connectivity index (χ1v) is 8.07. The van der Waals surface area contributed by atoms with Gasteiger partial charge >= 0.3 is 0 Å². The number of ketones is 1. The molecule has 1 amide bonds. The molecule has 2 aromatic rings. The molecule has 0 aliphatic rings. The first-order valence-electron chi connectivity index (χ1n) is 7.32. The van der Waals surface area contributed by atoms with Gasteiger partial charge in [-0.1, -0.05) is 35.3 Å². The fraction of sp³-hybridized carbons (Fsp3) is 0.222. The van der Waals surface area contributed by atoms with E-state index in [2.05, 4.69) is 5.32 Å². The van der Waals surface area contributed by atoms with Gasteiger partial charge in [-0.3, -0.25) is 9.59 Å². The number of aryl methyl sites for hydroxylation is 2. The van der Waals surface area contributed by atoms with Gasteiger partial charge in [-0.15, -0.1) is 0 Å². The summed E-state index contributed by atoms with van der Waals surface area (Å²) in [5.74, 6) is -0.0367. The van der Waals surface area contributed by atoms with Crippen LogP contribution in [0.5, 0.6) is 5.75 Å². The molecule has 0 radical (unpaired) electrons. The van der Waals surface area contributed by atoms with Crippen molar-refractivity contribution in [3.05, 3.63) is 63.1 Å². The van der Waals surface area contributed by atoms with E-state index in [0.717, 1.165) is 11.1 Å². The molecule has 0 spiro atoms. The van der Waals surface area contributed by atoms with Crippen LogP contribution in [-0.2, 0) is 4.79 Å². The zero-order chi connectivity index (χ0) is 17.7. The Labute approximate surface area is 150 Å². The molecule has 0 bridgehead atoms. The molecular weight excluding hydrogens is 349 g/mol. The van der Waals surface area contributed by atoms with Gasteiger partial charge in [-0.2, -0.15) is 0 Å². The Balaban J connectivity index is 1.84. The fourth-order valence-electron chi connectivity index (χ4n) is 2.13. The highest BCUT2D eigenvalue weighted by Crippen LogP contribution is 2.25. The van der Waals surface area contributed by atoms with Crippen LogP contribution >= 0.6 is 23.2 Å². The Hall–Kier alpha value is -2.04. The number of carbonyl (C=O) groups is 2. The normalized spacial score (nSPS) is 10.3. The number of amides is 1. The lowest BCUT2D eigenvalue weighted by Crippen LogP contribution is -2.33. The van der Waals surface area contributed by atoms with Crippen LogP contribution in [0.3, 0.4) is 0 Å². The molecule has 0 saturated heterocycles. The van der Waals surface area contributed by atoms with Gasteiger partial charge in [0.05, 0.1) is 6.54 Å². The Morgan fingerprint density at radius 1 is 1.08 bits per heavy atom. The molecule has 0 aliphatic heterocycles. The van der Waals surface area contributed by atoms with Crippen molar-refractivity contribution < 1.29 is 14.3 Å². The van der Waals surface area contributed by atoms with Gasteiger partial charge in [0.2, 0.25) is 0 Å². The lowest BCUT2D eigenvalue weighted by Gasteiger charge is -2.10. The first-order chi connectivity index (χ1) is 11.4. The third-order valence-corrected chi connectivity index (χ3v) is 4.20. The van der Waals surface area contributed by atoms with E-state index in [0.29, 0.717) is 21.4 Å². The van der Waals surface area contributed by atoms with Crippen LogP contribution in [0, 0.1) is 13.8 Å². The van der Waals surface area contributed by atoms with Crippen molar-refractivity contribution in [2.75, 3.05) is 13.2 Å². The van der Waals surface area contributed by atoms with E-state index in [9.17, 15) is 9.59 Å². The lowest BCUT2D eigenvalue weighted by atomic mass is 10.1. The van der Waals surface area contributed by atoms with Crippen LogP contribution in [0.25, 0.3) is 0 Å². The molecule has 1 N–H and O–H groups in total. The first kappa shape index (κ1) is 18.3. The molecule has 4 nitrogen and oxygen atoms in total. The van der Waals surface area contributed by atoms with Gasteiger partial charge in [0.1, 0.15) is 5.75 Å². The minimum Gasteiger partial charge on any atom is -0.484 e. The molecule has 0 heterocycles. The van der Waals surface area contributed by atoms with Crippen LogP contribution in [0.1, 0.15) is 21.5 Å². The number of ether oxygens (including phenoxy) is 1. The molecular formula is C18H17Cl2NO3. The molecule has 0 saturated carbocycles. The summed E-state index contributed by atoms with van der Waals surface area (Å²) in [4.78, 5) is 23.8. The monoisotopic (exact) mass is 365 g/mol. The lowest BCUT2D eigenvalue weighted by molar-refractivity contribution is -0.122. The van der Waals surface area contributed by atoms with Crippen LogP contribution < -0.4 is 10.1 Å². The van der Waals surface area contributed by atoms with Gasteiger partial charge in [-0.05, 0) is 49.2 Å². The maximum atomic E-state index is 12.0. The summed E-state index contributed by atoms with van der Waals surface area (Å²) < 4.78 is 5.44. The largest absolute Gasteiger partial charge is 0.484 e.